The van der Waals surface area contributed by atoms with Gasteiger partial charge in [-0.05, 0) is 36.4 Å². The van der Waals surface area contributed by atoms with Crippen molar-refractivity contribution in [3.63, 3.8) is 0 Å². The van der Waals surface area contributed by atoms with Gasteiger partial charge in [-0.3, -0.25) is 14.9 Å². The van der Waals surface area contributed by atoms with Crippen LogP contribution in [0.25, 0.3) is 0 Å². The van der Waals surface area contributed by atoms with Crippen molar-refractivity contribution in [3.8, 4) is 0 Å². The number of hydrogen-bond donors (Lipinski definition) is 1. The fraction of sp³-hybridized carbons (Fsp3) is 0.316. The number of carbonyl (C=O) groups excluding carboxylic acids is 1. The molecule has 2 aromatic carbocycles. The Hall–Kier alpha value is -2.84. The highest BCUT2D eigenvalue weighted by molar-refractivity contribution is 6.30. The van der Waals surface area contributed by atoms with Crippen LogP contribution in [0.3, 0.4) is 0 Å². The number of hydrogen-bond acceptors (Lipinski definition) is 6. The fourth-order valence-electron chi connectivity index (χ4n) is 3.04. The monoisotopic (exact) mass is 404 g/mol. The third-order valence-corrected chi connectivity index (χ3v) is 4.69. The first-order valence-electron chi connectivity index (χ1n) is 8.82. The average Bonchev–Trinajstić information content (AvgIpc) is 2.69. The topological polar surface area (TPSA) is 88.0 Å². The van der Waals surface area contributed by atoms with Crippen LogP contribution in [0.15, 0.2) is 42.5 Å². The predicted octanol–water partition coefficient (Wildman–Crippen LogP) is 3.16. The number of carbonyl (C=O) groups is 1. The summed E-state index contributed by atoms with van der Waals surface area (Å²) in [5.41, 5.74) is 1.93. The van der Waals surface area contributed by atoms with E-state index in [1.165, 1.54) is 17.0 Å². The summed E-state index contributed by atoms with van der Waals surface area (Å²) >= 11 is 5.83. The number of amides is 1. The highest BCUT2D eigenvalue weighted by Crippen LogP contribution is 2.30. The molecule has 3 rings (SSSR count). The molecule has 0 bridgehead atoms. The van der Waals surface area contributed by atoms with Gasteiger partial charge in [0.05, 0.1) is 24.7 Å². The van der Waals surface area contributed by atoms with E-state index in [1.807, 2.05) is 24.3 Å². The smallest absolute Gasteiger partial charge is 0.294 e. The minimum absolute atomic E-state index is 0.0340. The lowest BCUT2D eigenvalue weighted by Crippen LogP contribution is -2.36. The van der Waals surface area contributed by atoms with Crippen LogP contribution in [-0.4, -0.2) is 50.7 Å². The molecule has 0 aliphatic carbocycles. The zero-order valence-electron chi connectivity index (χ0n) is 15.4. The molecule has 2 aromatic rings. The van der Waals surface area contributed by atoms with Gasteiger partial charge >= 0.3 is 0 Å². The first kappa shape index (κ1) is 19.9. The summed E-state index contributed by atoms with van der Waals surface area (Å²) in [5.74, 6) is -0.272. The molecule has 0 unspecified atom stereocenters. The molecule has 1 fully saturated rings. The van der Waals surface area contributed by atoms with Crippen LogP contribution in [0.1, 0.15) is 0 Å². The maximum absolute atomic E-state index is 12.4. The molecule has 0 spiro atoms. The third-order valence-electron chi connectivity index (χ3n) is 4.45. The van der Waals surface area contributed by atoms with Crippen LogP contribution in [0.5, 0.6) is 0 Å². The van der Waals surface area contributed by atoms with Gasteiger partial charge in [0.15, 0.2) is 0 Å². The van der Waals surface area contributed by atoms with Gasteiger partial charge in [0, 0.05) is 42.6 Å². The summed E-state index contributed by atoms with van der Waals surface area (Å²) in [5, 5.41) is 14.3. The Balaban J connectivity index is 1.61. The van der Waals surface area contributed by atoms with Crippen molar-refractivity contribution in [2.24, 2.45) is 0 Å². The first-order valence-corrected chi connectivity index (χ1v) is 9.19. The Bertz CT molecular complexity index is 854. The molecule has 9 heteroatoms. The van der Waals surface area contributed by atoms with Crippen molar-refractivity contribution in [2.75, 3.05) is 55.0 Å². The number of nitrogens with one attached hydrogen (secondary N) is 1. The van der Waals surface area contributed by atoms with E-state index in [0.717, 1.165) is 18.8 Å². The summed E-state index contributed by atoms with van der Waals surface area (Å²) in [4.78, 5) is 26.8. The van der Waals surface area contributed by atoms with Crippen molar-refractivity contribution in [1.82, 2.24) is 0 Å². The Morgan fingerprint density at radius 2 is 1.93 bits per heavy atom. The largest absolute Gasteiger partial charge is 0.378 e. The number of morpholine rings is 1. The lowest BCUT2D eigenvalue weighted by Gasteiger charge is -2.29. The number of benzene rings is 2. The van der Waals surface area contributed by atoms with E-state index in [-0.39, 0.29) is 23.2 Å². The van der Waals surface area contributed by atoms with Gasteiger partial charge < -0.3 is 19.9 Å². The van der Waals surface area contributed by atoms with E-state index >= 15 is 0 Å². The molecule has 148 valence electrons. The molecule has 0 saturated carbocycles. The fourth-order valence-corrected chi connectivity index (χ4v) is 3.21. The van der Waals surface area contributed by atoms with Crippen molar-refractivity contribution in [2.45, 2.75) is 0 Å². The number of halogens is 1. The van der Waals surface area contributed by atoms with Gasteiger partial charge in [-0.25, -0.2) is 0 Å². The predicted molar refractivity (Wildman–Crippen MR) is 109 cm³/mol. The molecule has 8 nitrogen and oxygen atoms in total. The van der Waals surface area contributed by atoms with Gasteiger partial charge in [0.1, 0.15) is 5.69 Å². The molecule has 0 atom stereocenters. The number of likely N-dealkylation sites (N-methyl/N-ethyl adjacent to an activating group) is 1. The molecule has 1 amide bonds. The maximum Gasteiger partial charge on any atom is 0.294 e. The number of ether oxygens (including phenoxy) is 1. The zero-order valence-corrected chi connectivity index (χ0v) is 16.2. The maximum atomic E-state index is 12.4. The molecule has 1 heterocycles. The summed E-state index contributed by atoms with van der Waals surface area (Å²) in [7, 11) is 1.62. The van der Waals surface area contributed by atoms with Crippen molar-refractivity contribution >= 4 is 40.3 Å². The molecule has 1 N–H and O–H groups in total. The molecular weight excluding hydrogens is 384 g/mol. The number of rotatable bonds is 6. The second kappa shape index (κ2) is 8.90. The van der Waals surface area contributed by atoms with Crippen molar-refractivity contribution in [1.29, 1.82) is 0 Å². The van der Waals surface area contributed by atoms with Gasteiger partial charge in [-0.15, -0.1) is 0 Å². The summed E-state index contributed by atoms with van der Waals surface area (Å²) < 4.78 is 5.35. The van der Waals surface area contributed by atoms with Crippen LogP contribution < -0.4 is 15.1 Å². The third kappa shape index (κ3) is 4.90. The van der Waals surface area contributed by atoms with E-state index in [4.69, 9.17) is 16.3 Å². The van der Waals surface area contributed by atoms with Crippen LogP contribution in [0.4, 0.5) is 22.7 Å². The normalized spacial score (nSPS) is 13.9. The van der Waals surface area contributed by atoms with Crippen LogP contribution in [-0.2, 0) is 9.53 Å². The molecule has 0 aromatic heterocycles. The quantitative estimate of drug-likeness (QED) is 0.587. The lowest BCUT2D eigenvalue weighted by molar-refractivity contribution is -0.384. The Morgan fingerprint density at radius 3 is 2.57 bits per heavy atom. The molecule has 0 radical (unpaired) electrons. The molecule has 1 aliphatic heterocycles. The second-order valence-corrected chi connectivity index (χ2v) is 6.88. The molecule has 1 aliphatic rings. The van der Waals surface area contributed by atoms with Crippen molar-refractivity contribution < 1.29 is 14.5 Å². The number of nitrogens with zero attached hydrogens (tertiary/aromatic N) is 3. The molecule has 28 heavy (non-hydrogen) atoms. The summed E-state index contributed by atoms with van der Waals surface area (Å²) in [6, 6.07) is 12.0. The Labute approximate surface area is 167 Å². The SMILES string of the molecule is CN(CC(=O)Nc1ccc(N2CCOCC2)cc1)c1ccc(Cl)cc1[N+](=O)[O-]. The van der Waals surface area contributed by atoms with Gasteiger partial charge in [-0.2, -0.15) is 0 Å². The van der Waals surface area contributed by atoms with Gasteiger partial charge in [0.2, 0.25) is 5.91 Å². The number of nitro groups is 1. The van der Waals surface area contributed by atoms with Crippen molar-refractivity contribution in [3.05, 3.63) is 57.6 Å². The second-order valence-electron chi connectivity index (χ2n) is 6.44. The Kier molecular flexibility index (Phi) is 6.33. The van der Waals surface area contributed by atoms with E-state index in [1.54, 1.807) is 13.1 Å². The highest BCUT2D eigenvalue weighted by atomic mass is 35.5. The van der Waals surface area contributed by atoms with Crippen LogP contribution in [0, 0.1) is 10.1 Å². The molecular formula is C19H21ClN4O4. The minimum atomic E-state index is -0.514. The van der Waals surface area contributed by atoms with Crippen LogP contribution >= 0.6 is 11.6 Å². The van der Waals surface area contributed by atoms with E-state index in [0.29, 0.717) is 24.6 Å². The molecule has 1 saturated heterocycles. The first-order chi connectivity index (χ1) is 13.4. The van der Waals surface area contributed by atoms with E-state index in [9.17, 15) is 14.9 Å². The van der Waals surface area contributed by atoms with Gasteiger partial charge in [0.25, 0.3) is 5.69 Å². The van der Waals surface area contributed by atoms with Gasteiger partial charge in [-0.1, -0.05) is 11.6 Å². The van der Waals surface area contributed by atoms with E-state index < -0.39 is 4.92 Å². The van der Waals surface area contributed by atoms with Crippen LogP contribution in [0.2, 0.25) is 5.02 Å². The zero-order chi connectivity index (χ0) is 20.1. The minimum Gasteiger partial charge on any atom is -0.378 e. The summed E-state index contributed by atoms with van der Waals surface area (Å²) in [6.45, 7) is 3.07. The number of nitro benzene ring substituents is 1. The standard InChI is InChI=1S/C19H21ClN4O4/c1-22(17-7-2-14(20)12-18(17)24(26)27)13-19(25)21-15-3-5-16(6-4-15)23-8-10-28-11-9-23/h2-7,12H,8-11,13H2,1H3,(H,21,25). The Morgan fingerprint density at radius 1 is 1.25 bits per heavy atom. The highest BCUT2D eigenvalue weighted by Gasteiger charge is 2.19. The van der Waals surface area contributed by atoms with E-state index in [2.05, 4.69) is 10.2 Å². The lowest BCUT2D eigenvalue weighted by atomic mass is 10.2. The number of anilines is 3. The summed E-state index contributed by atoms with van der Waals surface area (Å²) in [6.07, 6.45) is 0. The average molecular weight is 405 g/mol.